The van der Waals surface area contributed by atoms with Gasteiger partial charge in [-0.25, -0.2) is 0 Å². The third kappa shape index (κ3) is 4.12. The number of benzene rings is 3. The molecule has 7 nitrogen and oxygen atoms in total. The molecule has 0 unspecified atom stereocenters. The number of nitrogens with zero attached hydrogens (tertiary/aromatic N) is 2. The largest absolute Gasteiger partial charge is 0.486 e. The highest BCUT2D eigenvalue weighted by Crippen LogP contribution is 2.31. The van der Waals surface area contributed by atoms with Crippen molar-refractivity contribution in [2.75, 3.05) is 26.7 Å². The van der Waals surface area contributed by atoms with E-state index in [0.29, 0.717) is 48.7 Å². The summed E-state index contributed by atoms with van der Waals surface area (Å²) in [5, 5.41) is 0. The molecule has 0 bridgehead atoms. The van der Waals surface area contributed by atoms with Crippen molar-refractivity contribution < 1.29 is 23.9 Å². The minimum atomic E-state index is -0.367. The number of carbonyl (C=O) groups excluding carboxylic acids is 3. The predicted octanol–water partition coefficient (Wildman–Crippen LogP) is 3.44. The molecule has 2 heterocycles. The number of fused-ring (bicyclic) bond motifs is 2. The molecule has 3 aromatic rings. The first-order valence-electron chi connectivity index (χ1n) is 11.2. The van der Waals surface area contributed by atoms with Crippen LogP contribution in [0, 0.1) is 0 Å². The van der Waals surface area contributed by atoms with Crippen molar-refractivity contribution in [2.24, 2.45) is 0 Å². The minimum Gasteiger partial charge on any atom is -0.486 e. The Balaban J connectivity index is 1.25. The molecule has 172 valence electrons. The van der Waals surface area contributed by atoms with E-state index in [4.69, 9.17) is 9.47 Å². The number of likely N-dealkylation sites (N-methyl/N-ethyl adjacent to an activating group) is 1. The average Bonchev–Trinajstić information content (AvgIpc) is 3.11. The summed E-state index contributed by atoms with van der Waals surface area (Å²) in [5.74, 6) is 0.389. The summed E-state index contributed by atoms with van der Waals surface area (Å²) < 4.78 is 11.7. The smallest absolute Gasteiger partial charge is 0.261 e. The number of carbonyl (C=O) groups is 3. The van der Waals surface area contributed by atoms with Crippen LogP contribution in [0.4, 0.5) is 0 Å². The van der Waals surface area contributed by atoms with Crippen LogP contribution in [0.25, 0.3) is 0 Å². The zero-order valence-electron chi connectivity index (χ0n) is 18.8. The second-order valence-corrected chi connectivity index (χ2v) is 8.44. The van der Waals surface area contributed by atoms with E-state index in [1.807, 2.05) is 54.6 Å². The molecule has 2 aliphatic rings. The summed E-state index contributed by atoms with van der Waals surface area (Å²) in [4.78, 5) is 41.6. The zero-order chi connectivity index (χ0) is 23.7. The van der Waals surface area contributed by atoms with Gasteiger partial charge < -0.3 is 14.4 Å². The van der Waals surface area contributed by atoms with Crippen LogP contribution in [-0.4, -0.2) is 60.4 Å². The molecule has 2 aliphatic heterocycles. The summed E-state index contributed by atoms with van der Waals surface area (Å²) in [6.45, 7) is 0.947. The maximum Gasteiger partial charge on any atom is 0.261 e. The topological polar surface area (TPSA) is 76.2 Å². The summed E-state index contributed by atoms with van der Waals surface area (Å²) >= 11 is 0. The molecule has 5 rings (SSSR count). The maximum absolute atomic E-state index is 13.1. The second-order valence-electron chi connectivity index (χ2n) is 8.44. The van der Waals surface area contributed by atoms with E-state index in [2.05, 4.69) is 0 Å². The first-order valence-corrected chi connectivity index (χ1v) is 11.2. The van der Waals surface area contributed by atoms with Crippen molar-refractivity contribution in [3.8, 4) is 11.5 Å². The number of rotatable bonds is 6. The summed E-state index contributed by atoms with van der Waals surface area (Å²) in [5.41, 5.74) is 2.00. The van der Waals surface area contributed by atoms with Gasteiger partial charge in [-0.05, 0) is 42.3 Å². The van der Waals surface area contributed by atoms with Crippen LogP contribution in [0.2, 0.25) is 0 Å². The van der Waals surface area contributed by atoms with Gasteiger partial charge in [-0.2, -0.15) is 0 Å². The van der Waals surface area contributed by atoms with Crippen molar-refractivity contribution in [1.29, 1.82) is 0 Å². The average molecular weight is 456 g/mol. The normalized spacial score (nSPS) is 16.4. The molecule has 0 aromatic heterocycles. The molecule has 0 spiro atoms. The van der Waals surface area contributed by atoms with Gasteiger partial charge in [0.2, 0.25) is 0 Å². The Hall–Kier alpha value is -4.13. The Morgan fingerprint density at radius 2 is 1.65 bits per heavy atom. The molecular weight excluding hydrogens is 432 g/mol. The van der Waals surface area contributed by atoms with Gasteiger partial charge in [0.25, 0.3) is 17.7 Å². The maximum atomic E-state index is 13.1. The number of imide groups is 1. The second kappa shape index (κ2) is 9.02. The van der Waals surface area contributed by atoms with Crippen LogP contribution < -0.4 is 9.47 Å². The molecule has 7 heteroatoms. The number of amides is 3. The molecule has 0 aliphatic carbocycles. The van der Waals surface area contributed by atoms with Gasteiger partial charge >= 0.3 is 0 Å². The van der Waals surface area contributed by atoms with Crippen LogP contribution in [0.1, 0.15) is 36.6 Å². The van der Waals surface area contributed by atoms with Gasteiger partial charge in [0.05, 0.1) is 17.7 Å². The zero-order valence-corrected chi connectivity index (χ0v) is 18.8. The van der Waals surface area contributed by atoms with Gasteiger partial charge in [0, 0.05) is 19.2 Å². The van der Waals surface area contributed by atoms with Gasteiger partial charge in [0.15, 0.2) is 17.6 Å². The highest BCUT2D eigenvalue weighted by molar-refractivity contribution is 6.22. The third-order valence-corrected chi connectivity index (χ3v) is 6.08. The fourth-order valence-corrected chi connectivity index (χ4v) is 4.27. The van der Waals surface area contributed by atoms with Gasteiger partial charge in [-0.1, -0.05) is 42.5 Å². The van der Waals surface area contributed by atoms with E-state index in [1.165, 1.54) is 15.9 Å². The van der Waals surface area contributed by atoms with Crippen LogP contribution in [0.3, 0.4) is 0 Å². The Bertz CT molecular complexity index is 1260. The van der Waals surface area contributed by atoms with Gasteiger partial charge in [-0.3, -0.25) is 19.3 Å². The Kier molecular flexibility index (Phi) is 5.76. The van der Waals surface area contributed by atoms with Gasteiger partial charge in [0.1, 0.15) is 6.61 Å². The number of hydrogen-bond acceptors (Lipinski definition) is 5. The number of para-hydroxylation sites is 2. The summed E-state index contributed by atoms with van der Waals surface area (Å²) in [6.07, 6.45) is 0.267. The van der Waals surface area contributed by atoms with Crippen LogP contribution in [-0.2, 0) is 6.42 Å². The third-order valence-electron chi connectivity index (χ3n) is 6.08. The first kappa shape index (κ1) is 21.7. The van der Waals surface area contributed by atoms with Crippen molar-refractivity contribution in [2.45, 2.75) is 12.5 Å². The first-order chi connectivity index (χ1) is 16.5. The molecule has 0 N–H and O–H groups in total. The fourth-order valence-electron chi connectivity index (χ4n) is 4.27. The molecule has 0 saturated carbocycles. The molecule has 3 aromatic carbocycles. The predicted molar refractivity (Wildman–Crippen MR) is 125 cm³/mol. The Labute approximate surface area is 197 Å². The van der Waals surface area contributed by atoms with Crippen molar-refractivity contribution in [1.82, 2.24) is 9.80 Å². The quantitative estimate of drug-likeness (QED) is 0.531. The molecule has 1 atom stereocenters. The molecular formula is C27H24N2O5. The lowest BCUT2D eigenvalue weighted by Crippen LogP contribution is -2.41. The van der Waals surface area contributed by atoms with E-state index < -0.39 is 0 Å². The molecule has 0 saturated heterocycles. The fraction of sp³-hybridized carbons (Fsp3) is 0.222. The number of ether oxygens (including phenoxy) is 2. The summed E-state index contributed by atoms with van der Waals surface area (Å²) in [7, 11) is 1.68. The monoisotopic (exact) mass is 456 g/mol. The minimum absolute atomic E-state index is 0.256. The lowest BCUT2D eigenvalue weighted by molar-refractivity contribution is 0.0521. The van der Waals surface area contributed by atoms with Gasteiger partial charge in [-0.15, -0.1) is 0 Å². The van der Waals surface area contributed by atoms with E-state index in [-0.39, 0.29) is 29.4 Å². The van der Waals surface area contributed by atoms with Crippen molar-refractivity contribution in [3.05, 3.63) is 95.1 Å². The SMILES string of the molecule is CN(C[C@H]1COc2ccccc2O1)C(=O)c1ccc2c(c1)C(=O)N(CCc1ccccc1)C2=O. The highest BCUT2D eigenvalue weighted by Gasteiger charge is 2.36. The van der Waals surface area contributed by atoms with E-state index in [9.17, 15) is 14.4 Å². The summed E-state index contributed by atoms with van der Waals surface area (Å²) in [6, 6.07) is 21.8. The van der Waals surface area contributed by atoms with E-state index in [1.54, 1.807) is 19.2 Å². The Morgan fingerprint density at radius 3 is 2.44 bits per heavy atom. The van der Waals surface area contributed by atoms with Crippen molar-refractivity contribution >= 4 is 17.7 Å². The molecule has 3 amide bonds. The Morgan fingerprint density at radius 1 is 0.941 bits per heavy atom. The van der Waals surface area contributed by atoms with E-state index >= 15 is 0 Å². The van der Waals surface area contributed by atoms with Crippen molar-refractivity contribution in [3.63, 3.8) is 0 Å². The highest BCUT2D eigenvalue weighted by atomic mass is 16.6. The standard InChI is InChI=1S/C27H24N2O5/c1-28(16-20-17-33-23-9-5-6-10-24(23)34-20)25(30)19-11-12-21-22(15-19)27(32)29(26(21)31)14-13-18-7-3-2-4-8-18/h2-12,15,20H,13-14,16-17H2,1H3/t20-/m0/s1. The molecule has 34 heavy (non-hydrogen) atoms. The van der Waals surface area contributed by atoms with Crippen LogP contribution in [0.15, 0.2) is 72.8 Å². The van der Waals surface area contributed by atoms with E-state index in [0.717, 1.165) is 5.56 Å². The van der Waals surface area contributed by atoms with Crippen LogP contribution in [0.5, 0.6) is 11.5 Å². The molecule has 0 fully saturated rings. The number of hydrogen-bond donors (Lipinski definition) is 0. The molecule has 0 radical (unpaired) electrons. The lowest BCUT2D eigenvalue weighted by Gasteiger charge is -2.29. The lowest BCUT2D eigenvalue weighted by atomic mass is 10.0. The van der Waals surface area contributed by atoms with Crippen LogP contribution >= 0.6 is 0 Å².